The Hall–Kier alpha value is -1.16. The molecule has 0 unspecified atom stereocenters. The maximum absolute atomic E-state index is 12.4. The van der Waals surface area contributed by atoms with E-state index < -0.39 is 19.9 Å². The van der Waals surface area contributed by atoms with Crippen molar-refractivity contribution < 1.29 is 21.6 Å². The number of hydrogen-bond acceptors (Lipinski definition) is 6. The van der Waals surface area contributed by atoms with Crippen molar-refractivity contribution in [3.05, 3.63) is 23.8 Å². The van der Waals surface area contributed by atoms with Crippen molar-refractivity contribution in [2.75, 3.05) is 32.7 Å². The van der Waals surface area contributed by atoms with E-state index in [2.05, 4.69) is 0 Å². The molecule has 21 heavy (non-hydrogen) atoms. The molecular weight excluding hydrogens is 316 g/mol. The Bertz CT molecular complexity index is 698. The molecule has 0 fully saturated rings. The third-order valence-corrected chi connectivity index (χ3v) is 5.73. The van der Waals surface area contributed by atoms with E-state index in [1.807, 2.05) is 0 Å². The molecule has 9 heteroatoms. The van der Waals surface area contributed by atoms with Crippen molar-refractivity contribution in [2.45, 2.75) is 11.4 Å². The summed E-state index contributed by atoms with van der Waals surface area (Å²) in [5.41, 5.74) is 6.13. The highest BCUT2D eigenvalue weighted by atomic mass is 32.2. The Morgan fingerprint density at radius 1 is 1.24 bits per heavy atom. The van der Waals surface area contributed by atoms with Crippen LogP contribution in [0.4, 0.5) is 0 Å². The fourth-order valence-electron chi connectivity index (χ4n) is 1.67. The Morgan fingerprint density at radius 3 is 2.33 bits per heavy atom. The molecule has 0 aliphatic rings. The van der Waals surface area contributed by atoms with Gasteiger partial charge in [-0.05, 0) is 18.2 Å². The van der Waals surface area contributed by atoms with Crippen LogP contribution in [0.15, 0.2) is 23.1 Å². The third-order valence-electron chi connectivity index (χ3n) is 2.96. The molecule has 0 heterocycles. The average Bonchev–Trinajstić information content (AvgIpc) is 2.42. The average molecular weight is 336 g/mol. The zero-order chi connectivity index (χ0) is 16.3. The number of rotatable bonds is 7. The highest BCUT2D eigenvalue weighted by molar-refractivity contribution is 7.91. The van der Waals surface area contributed by atoms with Gasteiger partial charge in [-0.3, -0.25) is 0 Å². The van der Waals surface area contributed by atoms with E-state index in [4.69, 9.17) is 10.5 Å². The van der Waals surface area contributed by atoms with Crippen LogP contribution < -0.4 is 10.5 Å². The second-order valence-electron chi connectivity index (χ2n) is 4.63. The lowest BCUT2D eigenvalue weighted by Crippen LogP contribution is -2.31. The van der Waals surface area contributed by atoms with Crippen molar-refractivity contribution in [3.63, 3.8) is 0 Å². The van der Waals surface area contributed by atoms with Crippen molar-refractivity contribution >= 4 is 19.9 Å². The summed E-state index contributed by atoms with van der Waals surface area (Å²) in [6.07, 6.45) is 1.06. The lowest BCUT2D eigenvalue weighted by atomic mass is 10.2. The molecular formula is C12H20N2O5S2. The lowest BCUT2D eigenvalue weighted by molar-refractivity contribution is 0.409. The van der Waals surface area contributed by atoms with E-state index >= 15 is 0 Å². The van der Waals surface area contributed by atoms with Gasteiger partial charge in [0.15, 0.2) is 0 Å². The molecule has 1 aromatic carbocycles. The van der Waals surface area contributed by atoms with E-state index in [0.29, 0.717) is 11.3 Å². The Morgan fingerprint density at radius 2 is 1.86 bits per heavy atom. The summed E-state index contributed by atoms with van der Waals surface area (Å²) in [6, 6.07) is 4.37. The van der Waals surface area contributed by atoms with E-state index in [9.17, 15) is 16.8 Å². The highest BCUT2D eigenvalue weighted by Crippen LogP contribution is 2.23. The molecule has 7 nitrogen and oxygen atoms in total. The number of benzene rings is 1. The van der Waals surface area contributed by atoms with E-state index in [-0.39, 0.29) is 23.7 Å². The van der Waals surface area contributed by atoms with Gasteiger partial charge in [-0.25, -0.2) is 16.8 Å². The molecule has 0 aliphatic heterocycles. The fraction of sp³-hybridized carbons (Fsp3) is 0.500. The Labute approximate surface area is 125 Å². The fourth-order valence-corrected chi connectivity index (χ4v) is 3.61. The Kier molecular flexibility index (Phi) is 5.74. The minimum Gasteiger partial charge on any atom is -0.496 e. The summed E-state index contributed by atoms with van der Waals surface area (Å²) in [5.74, 6) is 0.276. The maximum Gasteiger partial charge on any atom is 0.242 e. The van der Waals surface area contributed by atoms with Crippen LogP contribution >= 0.6 is 0 Å². The van der Waals surface area contributed by atoms with Crippen molar-refractivity contribution in [3.8, 4) is 5.75 Å². The number of methoxy groups -OCH3 is 1. The number of sulfone groups is 1. The number of nitrogens with zero attached hydrogens (tertiary/aromatic N) is 1. The van der Waals surface area contributed by atoms with E-state index in [0.717, 1.165) is 10.6 Å². The molecule has 120 valence electrons. The van der Waals surface area contributed by atoms with Crippen LogP contribution in [0.5, 0.6) is 5.75 Å². The summed E-state index contributed by atoms with van der Waals surface area (Å²) in [4.78, 5) is 0.0553. The second kappa shape index (κ2) is 6.73. The first-order valence-corrected chi connectivity index (χ1v) is 9.63. The molecule has 2 N–H and O–H groups in total. The van der Waals surface area contributed by atoms with E-state index in [1.165, 1.54) is 32.4 Å². The van der Waals surface area contributed by atoms with Crippen LogP contribution in [0.1, 0.15) is 5.56 Å². The van der Waals surface area contributed by atoms with Gasteiger partial charge in [-0.15, -0.1) is 0 Å². The molecule has 0 bridgehead atoms. The predicted molar refractivity (Wildman–Crippen MR) is 80.4 cm³/mol. The smallest absolute Gasteiger partial charge is 0.242 e. The minimum absolute atomic E-state index is 0.0553. The first-order valence-electron chi connectivity index (χ1n) is 6.13. The van der Waals surface area contributed by atoms with Gasteiger partial charge >= 0.3 is 0 Å². The maximum atomic E-state index is 12.4. The van der Waals surface area contributed by atoms with Crippen molar-refractivity contribution in [2.24, 2.45) is 5.73 Å². The van der Waals surface area contributed by atoms with Crippen LogP contribution in [0.25, 0.3) is 0 Å². The van der Waals surface area contributed by atoms with Crippen LogP contribution in [0.3, 0.4) is 0 Å². The number of nitrogens with two attached hydrogens (primary N) is 1. The summed E-state index contributed by atoms with van der Waals surface area (Å²) in [5, 5.41) is 0. The predicted octanol–water partition coefficient (Wildman–Crippen LogP) is -0.181. The van der Waals surface area contributed by atoms with Crippen LogP contribution in [-0.2, 0) is 26.4 Å². The zero-order valence-corrected chi connectivity index (χ0v) is 13.9. The van der Waals surface area contributed by atoms with Crippen LogP contribution in [0, 0.1) is 0 Å². The van der Waals surface area contributed by atoms with Crippen molar-refractivity contribution in [1.82, 2.24) is 4.31 Å². The molecule has 0 atom stereocenters. The van der Waals surface area contributed by atoms with Gasteiger partial charge < -0.3 is 10.5 Å². The SMILES string of the molecule is COc1ccc(S(=O)(=O)N(C)CCS(C)(=O)=O)cc1CN. The molecule has 1 rings (SSSR count). The monoisotopic (exact) mass is 336 g/mol. The van der Waals surface area contributed by atoms with Gasteiger partial charge in [-0.2, -0.15) is 4.31 Å². The molecule has 0 saturated carbocycles. The normalized spacial score (nSPS) is 12.6. The molecule has 0 saturated heterocycles. The first-order chi connectivity index (χ1) is 9.61. The summed E-state index contributed by atoms with van der Waals surface area (Å²) >= 11 is 0. The molecule has 0 spiro atoms. The zero-order valence-electron chi connectivity index (χ0n) is 12.2. The molecule has 0 radical (unpaired) electrons. The second-order valence-corrected chi connectivity index (χ2v) is 8.94. The minimum atomic E-state index is -3.76. The topological polar surface area (TPSA) is 107 Å². The van der Waals surface area contributed by atoms with E-state index in [1.54, 1.807) is 0 Å². The molecule has 0 aromatic heterocycles. The molecule has 0 aliphatic carbocycles. The summed E-state index contributed by atoms with van der Waals surface area (Å²) in [7, 11) is -4.18. The van der Waals surface area contributed by atoms with Gasteiger partial charge in [0.25, 0.3) is 0 Å². The third kappa shape index (κ3) is 4.67. The van der Waals surface area contributed by atoms with Gasteiger partial charge in [0.05, 0.1) is 17.8 Å². The standard InChI is InChI=1S/C12H20N2O5S2/c1-14(6-7-20(3,15)16)21(17,18)11-4-5-12(19-2)10(8-11)9-13/h4-5,8H,6-7,9,13H2,1-3H3. The number of ether oxygens (including phenoxy) is 1. The van der Waals surface area contributed by atoms with Crippen molar-refractivity contribution in [1.29, 1.82) is 0 Å². The first kappa shape index (κ1) is 17.9. The lowest BCUT2D eigenvalue weighted by Gasteiger charge is -2.17. The summed E-state index contributed by atoms with van der Waals surface area (Å²) in [6.45, 7) is 0.0325. The quantitative estimate of drug-likeness (QED) is 0.740. The van der Waals surface area contributed by atoms with Crippen LogP contribution in [-0.4, -0.2) is 53.9 Å². The Balaban J connectivity index is 3.07. The molecule has 1 aromatic rings. The number of hydrogen-bond donors (Lipinski definition) is 1. The van der Waals surface area contributed by atoms with Gasteiger partial charge in [-0.1, -0.05) is 0 Å². The van der Waals surface area contributed by atoms with Gasteiger partial charge in [0.1, 0.15) is 15.6 Å². The highest BCUT2D eigenvalue weighted by Gasteiger charge is 2.22. The van der Waals surface area contributed by atoms with Gasteiger partial charge in [0.2, 0.25) is 10.0 Å². The largest absolute Gasteiger partial charge is 0.496 e. The molecule has 0 amide bonds. The summed E-state index contributed by atoms with van der Waals surface area (Å²) < 4.78 is 53.1. The van der Waals surface area contributed by atoms with Gasteiger partial charge in [0, 0.05) is 32.0 Å². The van der Waals surface area contributed by atoms with Crippen LogP contribution in [0.2, 0.25) is 0 Å². The number of sulfonamides is 1.